The first-order chi connectivity index (χ1) is 4.20. The van der Waals surface area contributed by atoms with E-state index in [1.165, 1.54) is 12.8 Å². The third-order valence-electron chi connectivity index (χ3n) is 1.72. The van der Waals surface area contributed by atoms with Crippen LogP contribution in [-0.2, 0) is 0 Å². The summed E-state index contributed by atoms with van der Waals surface area (Å²) in [6.07, 6.45) is 4.92. The second-order valence-electron chi connectivity index (χ2n) is 3.16. The molecule has 0 bridgehead atoms. The van der Waals surface area contributed by atoms with Crippen molar-refractivity contribution in [2.75, 3.05) is 0 Å². The van der Waals surface area contributed by atoms with E-state index in [0.717, 1.165) is 11.6 Å². The van der Waals surface area contributed by atoms with Crippen LogP contribution in [0.3, 0.4) is 0 Å². The zero-order valence-corrected chi connectivity index (χ0v) is 6.22. The summed E-state index contributed by atoms with van der Waals surface area (Å²) in [7, 11) is 0. The molecule has 1 nitrogen and oxygen atoms in total. The molecule has 1 rings (SSSR count). The molecule has 0 aliphatic heterocycles. The third-order valence-corrected chi connectivity index (χ3v) is 1.72. The molecule has 0 amide bonds. The summed E-state index contributed by atoms with van der Waals surface area (Å²) in [6, 6.07) is 0. The highest BCUT2D eigenvalue weighted by Gasteiger charge is 2.18. The van der Waals surface area contributed by atoms with Crippen LogP contribution in [-0.4, -0.2) is 0 Å². The lowest BCUT2D eigenvalue weighted by molar-refractivity contribution is 0.746. The van der Waals surface area contributed by atoms with Crippen molar-refractivity contribution < 1.29 is 0 Å². The Hall–Kier alpha value is -0.460. The Balaban J connectivity index is 2.37. The largest absolute Gasteiger partial charge is 0.402 e. The Bertz CT molecular complexity index is 121. The topological polar surface area (TPSA) is 26.0 Å². The lowest BCUT2D eigenvalue weighted by atomic mass is 10.1. The van der Waals surface area contributed by atoms with Gasteiger partial charge in [-0.2, -0.15) is 0 Å². The molecule has 1 heteroatoms. The summed E-state index contributed by atoms with van der Waals surface area (Å²) in [5, 5.41) is 0. The second kappa shape index (κ2) is 2.42. The minimum Gasteiger partial charge on any atom is -0.402 e. The highest BCUT2D eigenvalue weighted by Crippen LogP contribution is 2.31. The molecule has 0 aromatic rings. The monoisotopic (exact) mass is 125 g/mol. The number of nitrogens with two attached hydrogens (primary N) is 1. The van der Waals surface area contributed by atoms with E-state index < -0.39 is 0 Å². The van der Waals surface area contributed by atoms with E-state index in [4.69, 9.17) is 5.73 Å². The van der Waals surface area contributed by atoms with Gasteiger partial charge in [-0.3, -0.25) is 0 Å². The zero-order valence-electron chi connectivity index (χ0n) is 6.22. The summed E-state index contributed by atoms with van der Waals surface area (Å²) >= 11 is 0. The van der Waals surface area contributed by atoms with Gasteiger partial charge in [0, 0.05) is 5.70 Å². The van der Waals surface area contributed by atoms with Gasteiger partial charge >= 0.3 is 0 Å². The summed E-state index contributed by atoms with van der Waals surface area (Å²) < 4.78 is 0. The van der Waals surface area contributed by atoms with Gasteiger partial charge in [-0.1, -0.05) is 19.9 Å². The maximum absolute atomic E-state index is 5.72. The lowest BCUT2D eigenvalue weighted by Gasteiger charge is -2.02. The van der Waals surface area contributed by atoms with Gasteiger partial charge in [0.25, 0.3) is 0 Å². The molecular weight excluding hydrogens is 110 g/mol. The van der Waals surface area contributed by atoms with Crippen molar-refractivity contribution in [2.45, 2.75) is 26.7 Å². The van der Waals surface area contributed by atoms with E-state index in [1.807, 2.05) is 0 Å². The van der Waals surface area contributed by atoms with Crippen molar-refractivity contribution in [1.82, 2.24) is 0 Å². The van der Waals surface area contributed by atoms with Crippen molar-refractivity contribution in [3.05, 3.63) is 11.8 Å². The van der Waals surface area contributed by atoms with Crippen LogP contribution in [0.4, 0.5) is 0 Å². The Kier molecular flexibility index (Phi) is 1.79. The highest BCUT2D eigenvalue weighted by molar-refractivity contribution is 5.06. The first kappa shape index (κ1) is 6.66. The zero-order chi connectivity index (χ0) is 6.85. The lowest BCUT2D eigenvalue weighted by Crippen LogP contribution is -2.04. The van der Waals surface area contributed by atoms with E-state index in [1.54, 1.807) is 0 Å². The second-order valence-corrected chi connectivity index (χ2v) is 3.16. The average molecular weight is 125 g/mol. The van der Waals surface area contributed by atoms with Gasteiger partial charge in [-0.05, 0) is 24.7 Å². The van der Waals surface area contributed by atoms with Crippen LogP contribution in [0.1, 0.15) is 26.7 Å². The molecule has 52 valence electrons. The summed E-state index contributed by atoms with van der Waals surface area (Å²) in [4.78, 5) is 0. The van der Waals surface area contributed by atoms with Gasteiger partial charge in [0.2, 0.25) is 0 Å². The molecule has 9 heavy (non-hydrogen) atoms. The molecule has 0 aromatic heterocycles. The Morgan fingerprint density at radius 3 is 2.44 bits per heavy atom. The summed E-state index contributed by atoms with van der Waals surface area (Å²) in [6.45, 7) is 4.27. The van der Waals surface area contributed by atoms with Crippen molar-refractivity contribution >= 4 is 0 Å². The van der Waals surface area contributed by atoms with Gasteiger partial charge in [-0.15, -0.1) is 0 Å². The van der Waals surface area contributed by atoms with Gasteiger partial charge in [-0.25, -0.2) is 0 Å². The van der Waals surface area contributed by atoms with Crippen LogP contribution in [0.2, 0.25) is 0 Å². The van der Waals surface area contributed by atoms with Crippen molar-refractivity contribution in [3.63, 3.8) is 0 Å². The van der Waals surface area contributed by atoms with Crippen molar-refractivity contribution in [2.24, 2.45) is 17.6 Å². The van der Waals surface area contributed by atoms with Crippen LogP contribution in [0.25, 0.3) is 0 Å². The fourth-order valence-electron chi connectivity index (χ4n) is 0.728. The SMILES string of the molecule is CC(C)/C(N)=C/C1CC1. The maximum Gasteiger partial charge on any atom is 0.00687 e. The molecule has 1 aliphatic rings. The molecule has 0 radical (unpaired) electrons. The van der Waals surface area contributed by atoms with Crippen LogP contribution >= 0.6 is 0 Å². The summed E-state index contributed by atoms with van der Waals surface area (Å²) in [5.74, 6) is 1.36. The van der Waals surface area contributed by atoms with Crippen LogP contribution < -0.4 is 5.73 Å². The summed E-state index contributed by atoms with van der Waals surface area (Å²) in [5.41, 5.74) is 6.79. The molecule has 0 unspecified atom stereocenters. The number of hydrogen-bond acceptors (Lipinski definition) is 1. The smallest absolute Gasteiger partial charge is 0.00687 e. The Morgan fingerprint density at radius 1 is 1.56 bits per heavy atom. The van der Waals surface area contributed by atoms with E-state index in [-0.39, 0.29) is 0 Å². The molecule has 0 saturated heterocycles. The average Bonchev–Trinajstić information content (AvgIpc) is 2.50. The highest BCUT2D eigenvalue weighted by atomic mass is 14.6. The number of rotatable bonds is 2. The fraction of sp³-hybridized carbons (Fsp3) is 0.750. The van der Waals surface area contributed by atoms with Gasteiger partial charge < -0.3 is 5.73 Å². The minimum atomic E-state index is 0.533. The first-order valence-corrected chi connectivity index (χ1v) is 3.67. The van der Waals surface area contributed by atoms with E-state index in [2.05, 4.69) is 19.9 Å². The Labute approximate surface area is 56.9 Å². The predicted octanol–water partition coefficient (Wildman–Crippen LogP) is 1.90. The van der Waals surface area contributed by atoms with Crippen LogP contribution in [0, 0.1) is 11.8 Å². The van der Waals surface area contributed by atoms with Crippen LogP contribution in [0.5, 0.6) is 0 Å². The number of hydrogen-bond donors (Lipinski definition) is 1. The normalized spacial score (nSPS) is 21.0. The molecule has 0 spiro atoms. The van der Waals surface area contributed by atoms with Crippen molar-refractivity contribution in [3.8, 4) is 0 Å². The third kappa shape index (κ3) is 2.08. The molecule has 1 saturated carbocycles. The van der Waals surface area contributed by atoms with E-state index in [9.17, 15) is 0 Å². The fourth-order valence-corrected chi connectivity index (χ4v) is 0.728. The molecular formula is C8H15N. The molecule has 2 N–H and O–H groups in total. The molecule has 0 heterocycles. The van der Waals surface area contributed by atoms with Gasteiger partial charge in [0.15, 0.2) is 0 Å². The van der Waals surface area contributed by atoms with Gasteiger partial charge in [0.05, 0.1) is 0 Å². The molecule has 0 aromatic carbocycles. The van der Waals surface area contributed by atoms with E-state index in [0.29, 0.717) is 5.92 Å². The standard InChI is InChI=1S/C8H15N/c1-6(2)8(9)5-7-3-4-7/h5-7H,3-4,9H2,1-2H3/b8-5-. The number of allylic oxidation sites excluding steroid dienone is 2. The quantitative estimate of drug-likeness (QED) is 0.599. The van der Waals surface area contributed by atoms with Gasteiger partial charge in [0.1, 0.15) is 0 Å². The molecule has 1 fully saturated rings. The van der Waals surface area contributed by atoms with E-state index >= 15 is 0 Å². The molecule has 1 aliphatic carbocycles. The Morgan fingerprint density at radius 2 is 2.11 bits per heavy atom. The van der Waals surface area contributed by atoms with Crippen LogP contribution in [0.15, 0.2) is 11.8 Å². The predicted molar refractivity (Wildman–Crippen MR) is 39.8 cm³/mol. The molecule has 0 atom stereocenters. The minimum absolute atomic E-state index is 0.533. The van der Waals surface area contributed by atoms with Crippen molar-refractivity contribution in [1.29, 1.82) is 0 Å². The maximum atomic E-state index is 5.72. The first-order valence-electron chi connectivity index (χ1n) is 3.67.